The second-order valence-electron chi connectivity index (χ2n) is 2.49. The smallest absolute Gasteiger partial charge is 1.00 e. The van der Waals surface area contributed by atoms with Crippen LogP contribution in [-0.2, 0) is 9.59 Å². The van der Waals surface area contributed by atoms with Crippen molar-refractivity contribution < 1.29 is 35.0 Å². The van der Waals surface area contributed by atoms with Crippen molar-refractivity contribution in [2.75, 3.05) is 0 Å². The molecule has 0 aromatic carbocycles. The number of amides is 1. The Kier molecular flexibility index (Phi) is 8.45. The summed E-state index contributed by atoms with van der Waals surface area (Å²) < 4.78 is 0. The van der Waals surface area contributed by atoms with Gasteiger partial charge < -0.3 is 11.8 Å². The summed E-state index contributed by atoms with van der Waals surface area (Å²) in [5.41, 5.74) is 0. The molecule has 12 heavy (non-hydrogen) atoms. The molecule has 0 saturated heterocycles. The first-order valence-electron chi connectivity index (χ1n) is 3.56. The van der Waals surface area contributed by atoms with Gasteiger partial charge in [0, 0.05) is 0 Å². The molecule has 0 rings (SSSR count). The van der Waals surface area contributed by atoms with Crippen LogP contribution >= 0.6 is 0 Å². The van der Waals surface area contributed by atoms with Gasteiger partial charge in [-0.1, -0.05) is 20.3 Å². The number of hydrogen-bond acceptors (Lipinski definition) is 2. The fraction of sp³-hybridized carbons (Fsp3) is 0.714. The van der Waals surface area contributed by atoms with E-state index >= 15 is 0 Å². The van der Waals surface area contributed by atoms with Crippen molar-refractivity contribution in [1.82, 2.24) is 5.32 Å². The van der Waals surface area contributed by atoms with E-state index in [0.717, 1.165) is 6.42 Å². The van der Waals surface area contributed by atoms with Gasteiger partial charge in [0.1, 0.15) is 6.04 Å². The molecule has 1 amide bonds. The van der Waals surface area contributed by atoms with Gasteiger partial charge in [-0.3, -0.25) is 4.79 Å². The summed E-state index contributed by atoms with van der Waals surface area (Å²) in [6.45, 7) is 3.67. The van der Waals surface area contributed by atoms with E-state index in [4.69, 9.17) is 5.11 Å². The van der Waals surface area contributed by atoms with Crippen LogP contribution < -0.4 is 24.2 Å². The maximum absolute atomic E-state index is 10.5. The Balaban J connectivity index is -0.000000500. The standard InChI is InChI=1S/C7H13NO3.Li.H/c1-3-5(2)6(7(10)11)8-4-9;;/h4-6H,3H2,1-2H3,(H,8,9)(H,10,11);;/q;+1;-1/t5-,6-;;/m0../s1. The summed E-state index contributed by atoms with van der Waals surface area (Å²) in [5, 5.41) is 10.8. The Hall–Kier alpha value is -0.463. The molecule has 0 saturated carbocycles. The predicted molar refractivity (Wildman–Crippen MR) is 41.2 cm³/mol. The molecule has 5 heteroatoms. The first kappa shape index (κ1) is 14.1. The normalized spacial score (nSPS) is 13.8. The molecule has 0 spiro atoms. The zero-order valence-corrected chi connectivity index (χ0v) is 7.70. The van der Waals surface area contributed by atoms with Crippen LogP contribution in [0.25, 0.3) is 0 Å². The maximum Gasteiger partial charge on any atom is 1.00 e. The van der Waals surface area contributed by atoms with Gasteiger partial charge in [0.15, 0.2) is 0 Å². The van der Waals surface area contributed by atoms with Gasteiger partial charge in [-0.25, -0.2) is 4.79 Å². The Labute approximate surface area is 85.4 Å². The Morgan fingerprint density at radius 2 is 2.25 bits per heavy atom. The van der Waals surface area contributed by atoms with Gasteiger partial charge >= 0.3 is 24.8 Å². The minimum absolute atomic E-state index is 0. The fourth-order valence-corrected chi connectivity index (χ4v) is 0.788. The quantitative estimate of drug-likeness (QED) is 0.347. The predicted octanol–water partition coefficient (Wildman–Crippen LogP) is -2.65. The molecule has 0 aliphatic carbocycles. The molecule has 0 aromatic rings. The number of aliphatic carboxylic acids is 1. The minimum atomic E-state index is -0.980. The molecule has 4 nitrogen and oxygen atoms in total. The number of carbonyl (C=O) groups is 2. The zero-order valence-electron chi connectivity index (χ0n) is 8.70. The third-order valence-corrected chi connectivity index (χ3v) is 1.73. The van der Waals surface area contributed by atoms with Crippen LogP contribution in [0, 0.1) is 5.92 Å². The molecular formula is C7H14LiNO3. The van der Waals surface area contributed by atoms with Crippen molar-refractivity contribution in [2.24, 2.45) is 5.92 Å². The average Bonchev–Trinajstić information content (AvgIpc) is 1.98. The molecule has 0 aromatic heterocycles. The van der Waals surface area contributed by atoms with E-state index in [9.17, 15) is 9.59 Å². The van der Waals surface area contributed by atoms with Crippen LogP contribution in [0.4, 0.5) is 0 Å². The van der Waals surface area contributed by atoms with E-state index in [0.29, 0.717) is 6.41 Å². The van der Waals surface area contributed by atoms with Crippen molar-refractivity contribution in [3.8, 4) is 0 Å². The molecule has 0 aliphatic heterocycles. The summed E-state index contributed by atoms with van der Waals surface area (Å²) in [5.74, 6) is -1.01. The largest absolute Gasteiger partial charge is 1.00 e. The molecule has 0 heterocycles. The molecule has 0 radical (unpaired) electrons. The van der Waals surface area contributed by atoms with E-state index in [2.05, 4.69) is 5.32 Å². The molecule has 66 valence electrons. The van der Waals surface area contributed by atoms with Crippen LogP contribution in [0.3, 0.4) is 0 Å². The molecule has 0 fully saturated rings. The van der Waals surface area contributed by atoms with Gasteiger partial charge in [0.2, 0.25) is 6.41 Å². The van der Waals surface area contributed by atoms with Crippen LogP contribution in [0.2, 0.25) is 0 Å². The summed E-state index contributed by atoms with van der Waals surface area (Å²) in [4.78, 5) is 20.4. The molecule has 0 aliphatic rings. The Morgan fingerprint density at radius 1 is 1.75 bits per heavy atom. The first-order valence-corrected chi connectivity index (χ1v) is 3.56. The number of hydrogen-bond donors (Lipinski definition) is 2. The number of nitrogens with one attached hydrogen (secondary N) is 1. The number of carbonyl (C=O) groups excluding carboxylic acids is 1. The molecular weight excluding hydrogens is 153 g/mol. The van der Waals surface area contributed by atoms with E-state index in [1.165, 1.54) is 0 Å². The van der Waals surface area contributed by atoms with Crippen LogP contribution in [0.15, 0.2) is 0 Å². The SMILES string of the molecule is CC[C@H](C)[C@H](NC=O)C(=O)O.[H-].[Li+]. The van der Waals surface area contributed by atoms with Crippen molar-refractivity contribution >= 4 is 12.4 Å². The zero-order chi connectivity index (χ0) is 8.85. The average molecular weight is 167 g/mol. The van der Waals surface area contributed by atoms with E-state index in [-0.39, 0.29) is 26.2 Å². The number of carboxylic acid groups (broad SMARTS) is 1. The van der Waals surface area contributed by atoms with Crippen molar-refractivity contribution in [3.63, 3.8) is 0 Å². The summed E-state index contributed by atoms with van der Waals surface area (Å²) in [6.07, 6.45) is 1.16. The van der Waals surface area contributed by atoms with Gasteiger partial charge in [0.25, 0.3) is 0 Å². The van der Waals surface area contributed by atoms with E-state index < -0.39 is 12.0 Å². The second kappa shape index (κ2) is 7.20. The summed E-state index contributed by atoms with van der Waals surface area (Å²) >= 11 is 0. The van der Waals surface area contributed by atoms with Crippen molar-refractivity contribution in [1.29, 1.82) is 0 Å². The van der Waals surface area contributed by atoms with E-state index in [1.54, 1.807) is 6.92 Å². The van der Waals surface area contributed by atoms with E-state index in [1.807, 2.05) is 6.92 Å². The number of carboxylic acids is 1. The third-order valence-electron chi connectivity index (χ3n) is 1.73. The first-order chi connectivity index (χ1) is 5.13. The van der Waals surface area contributed by atoms with Crippen LogP contribution in [0.1, 0.15) is 21.7 Å². The van der Waals surface area contributed by atoms with Crippen LogP contribution in [0.5, 0.6) is 0 Å². The summed E-state index contributed by atoms with van der Waals surface area (Å²) in [7, 11) is 0. The second-order valence-corrected chi connectivity index (χ2v) is 2.49. The molecule has 0 bridgehead atoms. The van der Waals surface area contributed by atoms with Crippen molar-refractivity contribution in [2.45, 2.75) is 26.3 Å². The van der Waals surface area contributed by atoms with Gasteiger partial charge in [-0.05, 0) is 5.92 Å². The molecule has 2 N–H and O–H groups in total. The van der Waals surface area contributed by atoms with Crippen molar-refractivity contribution in [3.05, 3.63) is 0 Å². The summed E-state index contributed by atoms with van der Waals surface area (Å²) in [6, 6.07) is -0.752. The molecule has 0 unspecified atom stereocenters. The van der Waals surface area contributed by atoms with Gasteiger partial charge in [-0.15, -0.1) is 0 Å². The maximum atomic E-state index is 10.5. The van der Waals surface area contributed by atoms with Crippen LogP contribution in [-0.4, -0.2) is 23.5 Å². The molecule has 2 atom stereocenters. The minimum Gasteiger partial charge on any atom is -1.00 e. The van der Waals surface area contributed by atoms with Gasteiger partial charge in [0.05, 0.1) is 0 Å². The van der Waals surface area contributed by atoms with Gasteiger partial charge in [-0.2, -0.15) is 0 Å². The third kappa shape index (κ3) is 4.42. The monoisotopic (exact) mass is 167 g/mol. The topological polar surface area (TPSA) is 66.4 Å². The Morgan fingerprint density at radius 3 is 2.50 bits per heavy atom. The number of rotatable bonds is 5. The fourth-order valence-electron chi connectivity index (χ4n) is 0.788. The Bertz CT molecular complexity index is 157.